The molecule has 1 unspecified atom stereocenters. The Morgan fingerprint density at radius 2 is 1.81 bits per heavy atom. The minimum atomic E-state index is -1.21. The Labute approximate surface area is 121 Å². The third-order valence-electron chi connectivity index (χ3n) is 3.36. The molecule has 0 spiro atoms. The van der Waals surface area contributed by atoms with Crippen LogP contribution >= 0.6 is 0 Å². The molecule has 0 radical (unpaired) electrons. The van der Waals surface area contributed by atoms with Gasteiger partial charge < -0.3 is 14.7 Å². The number of nitrogens with zero attached hydrogens (tertiary/aromatic N) is 2. The van der Waals surface area contributed by atoms with Crippen LogP contribution in [0.1, 0.15) is 6.92 Å². The average Bonchev–Trinajstić information content (AvgIpc) is 2.46. The van der Waals surface area contributed by atoms with Crippen LogP contribution in [0, 0.1) is 0 Å². The molecule has 0 aromatic heterocycles. The maximum atomic E-state index is 12.1. The molecule has 1 aliphatic rings. The van der Waals surface area contributed by atoms with E-state index in [0.717, 1.165) is 4.90 Å². The molecular formula is C14H16N2O5. The first kappa shape index (κ1) is 14.8. The van der Waals surface area contributed by atoms with E-state index in [1.807, 2.05) is 0 Å². The number of aliphatic carboxylic acids is 1. The Morgan fingerprint density at radius 3 is 2.33 bits per heavy atom. The number of ether oxygens (including phenoxy) is 1. The fourth-order valence-electron chi connectivity index (χ4n) is 2.28. The third kappa shape index (κ3) is 2.81. The molecule has 0 saturated carbocycles. The van der Waals surface area contributed by atoms with Crippen LogP contribution in [0.5, 0.6) is 5.75 Å². The lowest BCUT2D eigenvalue weighted by Crippen LogP contribution is -2.58. The lowest BCUT2D eigenvalue weighted by atomic mass is 10.2. The van der Waals surface area contributed by atoms with E-state index in [2.05, 4.69) is 0 Å². The molecule has 0 bridgehead atoms. The SMILES string of the molecule is COc1ccccc1N1CC(=O)N(C(C)C(=O)O)C(=O)C1. The van der Waals surface area contributed by atoms with E-state index in [1.54, 1.807) is 29.2 Å². The zero-order chi connectivity index (χ0) is 15.6. The van der Waals surface area contributed by atoms with Crippen LogP contribution in [0.3, 0.4) is 0 Å². The van der Waals surface area contributed by atoms with Gasteiger partial charge >= 0.3 is 5.97 Å². The van der Waals surface area contributed by atoms with E-state index in [9.17, 15) is 14.4 Å². The molecule has 1 heterocycles. The number of rotatable bonds is 4. The summed E-state index contributed by atoms with van der Waals surface area (Å²) >= 11 is 0. The topological polar surface area (TPSA) is 87.2 Å². The summed E-state index contributed by atoms with van der Waals surface area (Å²) in [5.74, 6) is -1.72. The summed E-state index contributed by atoms with van der Waals surface area (Å²) < 4.78 is 5.21. The monoisotopic (exact) mass is 292 g/mol. The van der Waals surface area contributed by atoms with E-state index < -0.39 is 23.8 Å². The quantitative estimate of drug-likeness (QED) is 0.805. The maximum absolute atomic E-state index is 12.1. The number of carbonyl (C=O) groups is 3. The summed E-state index contributed by atoms with van der Waals surface area (Å²) in [6.07, 6.45) is 0. The van der Waals surface area contributed by atoms with E-state index >= 15 is 0 Å². The number of amides is 2. The van der Waals surface area contributed by atoms with Crippen LogP contribution in [0.15, 0.2) is 24.3 Å². The number of carboxylic acids is 1. The zero-order valence-electron chi connectivity index (χ0n) is 11.8. The Bertz CT molecular complexity index is 568. The first-order valence-corrected chi connectivity index (χ1v) is 6.41. The van der Waals surface area contributed by atoms with Gasteiger partial charge in [0.15, 0.2) is 0 Å². The number of anilines is 1. The predicted molar refractivity (Wildman–Crippen MR) is 74.2 cm³/mol. The lowest BCUT2D eigenvalue weighted by molar-refractivity contribution is -0.157. The molecule has 1 aromatic rings. The molecular weight excluding hydrogens is 276 g/mol. The second kappa shape index (κ2) is 5.82. The number of imide groups is 1. The molecule has 2 amide bonds. The highest BCUT2D eigenvalue weighted by atomic mass is 16.5. The first-order chi connectivity index (χ1) is 9.95. The van der Waals surface area contributed by atoms with Crippen molar-refractivity contribution in [3.05, 3.63) is 24.3 Å². The molecule has 0 aliphatic carbocycles. The number of hydrogen-bond donors (Lipinski definition) is 1. The highest BCUT2D eigenvalue weighted by molar-refractivity contribution is 6.05. The summed E-state index contributed by atoms with van der Waals surface area (Å²) in [5, 5.41) is 8.96. The van der Waals surface area contributed by atoms with Crippen LogP contribution in [0.25, 0.3) is 0 Å². The molecule has 1 saturated heterocycles. The highest BCUT2D eigenvalue weighted by Gasteiger charge is 2.37. The number of methoxy groups -OCH3 is 1. The molecule has 21 heavy (non-hydrogen) atoms. The standard InChI is InChI=1S/C14H16N2O5/c1-9(14(19)20)16-12(17)7-15(8-13(16)18)10-5-3-4-6-11(10)21-2/h3-6,9H,7-8H2,1-2H3,(H,19,20). The maximum Gasteiger partial charge on any atom is 0.326 e. The normalized spacial score (nSPS) is 16.9. The fraction of sp³-hybridized carbons (Fsp3) is 0.357. The molecule has 1 N–H and O–H groups in total. The van der Waals surface area contributed by atoms with Gasteiger partial charge in [0.2, 0.25) is 11.8 Å². The summed E-state index contributed by atoms with van der Waals surface area (Å²) in [6, 6.07) is 5.88. The summed E-state index contributed by atoms with van der Waals surface area (Å²) in [5.41, 5.74) is 0.629. The molecule has 1 aromatic carbocycles. The minimum Gasteiger partial charge on any atom is -0.495 e. The number of carbonyl (C=O) groups excluding carboxylic acids is 2. The van der Waals surface area contributed by atoms with Gasteiger partial charge in [-0.25, -0.2) is 4.79 Å². The largest absolute Gasteiger partial charge is 0.495 e. The summed E-state index contributed by atoms with van der Waals surface area (Å²) in [4.78, 5) is 37.5. The van der Waals surface area contributed by atoms with E-state index in [0.29, 0.717) is 11.4 Å². The van der Waals surface area contributed by atoms with Gasteiger partial charge in [0.25, 0.3) is 0 Å². The third-order valence-corrected chi connectivity index (χ3v) is 3.36. The fourth-order valence-corrected chi connectivity index (χ4v) is 2.28. The van der Waals surface area contributed by atoms with Gasteiger partial charge in [-0.3, -0.25) is 14.5 Å². The number of benzene rings is 1. The molecule has 2 rings (SSSR count). The van der Waals surface area contributed by atoms with Crippen LogP contribution in [0.4, 0.5) is 5.69 Å². The highest BCUT2D eigenvalue weighted by Crippen LogP contribution is 2.29. The van der Waals surface area contributed by atoms with Crippen molar-refractivity contribution in [3.63, 3.8) is 0 Å². The number of carboxylic acid groups (broad SMARTS) is 1. The Kier molecular flexibility index (Phi) is 4.11. The van der Waals surface area contributed by atoms with Crippen molar-refractivity contribution < 1.29 is 24.2 Å². The van der Waals surface area contributed by atoms with Gasteiger partial charge in [0.1, 0.15) is 11.8 Å². The molecule has 1 aliphatic heterocycles. The lowest BCUT2D eigenvalue weighted by Gasteiger charge is -2.36. The number of para-hydroxylation sites is 2. The van der Waals surface area contributed by atoms with Crippen LogP contribution in [-0.2, 0) is 14.4 Å². The van der Waals surface area contributed by atoms with Crippen molar-refractivity contribution in [1.29, 1.82) is 0 Å². The summed E-state index contributed by atoms with van der Waals surface area (Å²) in [7, 11) is 1.51. The van der Waals surface area contributed by atoms with Gasteiger partial charge in [-0.05, 0) is 19.1 Å². The average molecular weight is 292 g/mol. The van der Waals surface area contributed by atoms with Crippen molar-refractivity contribution in [2.75, 3.05) is 25.1 Å². The smallest absolute Gasteiger partial charge is 0.326 e. The van der Waals surface area contributed by atoms with Crippen molar-refractivity contribution in [3.8, 4) is 5.75 Å². The van der Waals surface area contributed by atoms with Gasteiger partial charge in [0, 0.05) is 0 Å². The first-order valence-electron chi connectivity index (χ1n) is 6.41. The summed E-state index contributed by atoms with van der Waals surface area (Å²) in [6.45, 7) is 1.18. The van der Waals surface area contributed by atoms with Crippen LogP contribution in [-0.4, -0.2) is 54.0 Å². The Hall–Kier alpha value is -2.57. The molecule has 7 nitrogen and oxygen atoms in total. The molecule has 7 heteroatoms. The Balaban J connectivity index is 2.24. The second-order valence-corrected chi connectivity index (χ2v) is 4.70. The zero-order valence-corrected chi connectivity index (χ0v) is 11.8. The van der Waals surface area contributed by atoms with Crippen LogP contribution in [0.2, 0.25) is 0 Å². The van der Waals surface area contributed by atoms with E-state index in [-0.39, 0.29) is 13.1 Å². The van der Waals surface area contributed by atoms with Gasteiger partial charge in [-0.1, -0.05) is 12.1 Å². The Morgan fingerprint density at radius 1 is 1.24 bits per heavy atom. The number of hydrogen-bond acceptors (Lipinski definition) is 5. The van der Waals surface area contributed by atoms with Gasteiger partial charge in [-0.2, -0.15) is 0 Å². The van der Waals surface area contributed by atoms with Crippen molar-refractivity contribution in [1.82, 2.24) is 4.90 Å². The molecule has 1 fully saturated rings. The van der Waals surface area contributed by atoms with Crippen molar-refractivity contribution in [2.45, 2.75) is 13.0 Å². The van der Waals surface area contributed by atoms with Crippen molar-refractivity contribution in [2.24, 2.45) is 0 Å². The molecule has 1 atom stereocenters. The number of piperazine rings is 1. The van der Waals surface area contributed by atoms with Gasteiger partial charge in [-0.15, -0.1) is 0 Å². The second-order valence-electron chi connectivity index (χ2n) is 4.70. The van der Waals surface area contributed by atoms with E-state index in [1.165, 1.54) is 14.0 Å². The molecule has 112 valence electrons. The predicted octanol–water partition coefficient (Wildman–Crippen LogP) is 0.343. The van der Waals surface area contributed by atoms with Crippen LogP contribution < -0.4 is 9.64 Å². The minimum absolute atomic E-state index is 0.0657. The van der Waals surface area contributed by atoms with E-state index in [4.69, 9.17) is 9.84 Å². The van der Waals surface area contributed by atoms with Gasteiger partial charge in [0.05, 0.1) is 25.9 Å². The van der Waals surface area contributed by atoms with Crippen molar-refractivity contribution >= 4 is 23.5 Å².